The maximum atomic E-state index is 11.9. The van der Waals surface area contributed by atoms with Gasteiger partial charge in [-0.1, -0.05) is 28.1 Å². The standard InChI is InChI=1S/C12H14BrNO3/c1-12(2,11(17)14-7-10(15)16)8-3-5-9(13)6-4-8/h3-6H,7H2,1-2H3,(H,14,17)(H,15,16). The highest BCUT2D eigenvalue weighted by Crippen LogP contribution is 2.24. The second-order valence-electron chi connectivity index (χ2n) is 4.21. The molecule has 1 aromatic rings. The summed E-state index contributed by atoms with van der Waals surface area (Å²) < 4.78 is 0.933. The third-order valence-electron chi connectivity index (χ3n) is 2.53. The molecule has 1 amide bonds. The Morgan fingerprint density at radius 2 is 1.82 bits per heavy atom. The van der Waals surface area contributed by atoms with E-state index in [0.717, 1.165) is 10.0 Å². The molecular weight excluding hydrogens is 286 g/mol. The Hall–Kier alpha value is -1.36. The third-order valence-corrected chi connectivity index (χ3v) is 3.06. The van der Waals surface area contributed by atoms with Gasteiger partial charge in [0.15, 0.2) is 0 Å². The molecule has 2 N–H and O–H groups in total. The van der Waals surface area contributed by atoms with Crippen molar-refractivity contribution >= 4 is 27.8 Å². The number of amides is 1. The number of nitrogens with one attached hydrogen (secondary N) is 1. The van der Waals surface area contributed by atoms with Crippen LogP contribution in [0.2, 0.25) is 0 Å². The highest BCUT2D eigenvalue weighted by molar-refractivity contribution is 9.10. The van der Waals surface area contributed by atoms with Crippen molar-refractivity contribution in [2.75, 3.05) is 6.54 Å². The number of hydrogen-bond donors (Lipinski definition) is 2. The van der Waals surface area contributed by atoms with Crippen molar-refractivity contribution in [1.82, 2.24) is 5.32 Å². The van der Waals surface area contributed by atoms with E-state index in [1.54, 1.807) is 13.8 Å². The second kappa shape index (κ2) is 5.31. The number of carbonyl (C=O) groups is 2. The Bertz CT molecular complexity index is 426. The molecule has 0 heterocycles. The van der Waals surface area contributed by atoms with Gasteiger partial charge in [0.2, 0.25) is 5.91 Å². The van der Waals surface area contributed by atoms with Gasteiger partial charge in [-0.3, -0.25) is 9.59 Å². The molecule has 0 bridgehead atoms. The molecule has 0 saturated heterocycles. The van der Waals surface area contributed by atoms with Crippen LogP contribution in [0.5, 0.6) is 0 Å². The van der Waals surface area contributed by atoms with Crippen molar-refractivity contribution in [3.63, 3.8) is 0 Å². The van der Waals surface area contributed by atoms with Crippen LogP contribution in [0.1, 0.15) is 19.4 Å². The molecule has 5 heteroatoms. The molecule has 0 unspecified atom stereocenters. The minimum absolute atomic E-state index is 0.303. The maximum Gasteiger partial charge on any atom is 0.322 e. The molecule has 17 heavy (non-hydrogen) atoms. The predicted molar refractivity (Wildman–Crippen MR) is 67.8 cm³/mol. The van der Waals surface area contributed by atoms with E-state index in [1.165, 1.54) is 0 Å². The van der Waals surface area contributed by atoms with Crippen LogP contribution in [0.3, 0.4) is 0 Å². The van der Waals surface area contributed by atoms with Gasteiger partial charge in [-0.15, -0.1) is 0 Å². The zero-order chi connectivity index (χ0) is 13.1. The molecule has 0 atom stereocenters. The highest BCUT2D eigenvalue weighted by atomic mass is 79.9. The number of benzene rings is 1. The van der Waals surface area contributed by atoms with E-state index in [4.69, 9.17) is 5.11 Å². The summed E-state index contributed by atoms with van der Waals surface area (Å²) in [5, 5.41) is 10.9. The van der Waals surface area contributed by atoms with Crippen molar-refractivity contribution in [3.05, 3.63) is 34.3 Å². The lowest BCUT2D eigenvalue weighted by Gasteiger charge is -2.23. The van der Waals surface area contributed by atoms with Gasteiger partial charge in [0.25, 0.3) is 0 Å². The van der Waals surface area contributed by atoms with Gasteiger partial charge in [0, 0.05) is 4.47 Å². The van der Waals surface area contributed by atoms with Gasteiger partial charge in [-0.25, -0.2) is 0 Å². The minimum atomic E-state index is -1.05. The molecule has 0 aromatic heterocycles. The number of carboxylic acid groups (broad SMARTS) is 1. The van der Waals surface area contributed by atoms with Crippen LogP contribution < -0.4 is 5.32 Å². The summed E-state index contributed by atoms with van der Waals surface area (Å²) >= 11 is 3.32. The fourth-order valence-corrected chi connectivity index (χ4v) is 1.64. The maximum absolute atomic E-state index is 11.9. The van der Waals surface area contributed by atoms with Crippen LogP contribution in [-0.2, 0) is 15.0 Å². The monoisotopic (exact) mass is 299 g/mol. The van der Waals surface area contributed by atoms with E-state index in [9.17, 15) is 9.59 Å². The Morgan fingerprint density at radius 3 is 2.29 bits per heavy atom. The Kier molecular flexibility index (Phi) is 4.28. The number of hydrogen-bond acceptors (Lipinski definition) is 2. The van der Waals surface area contributed by atoms with E-state index >= 15 is 0 Å². The van der Waals surface area contributed by atoms with Crippen molar-refractivity contribution in [2.45, 2.75) is 19.3 Å². The average molecular weight is 300 g/mol. The number of rotatable bonds is 4. The first-order chi connectivity index (χ1) is 7.84. The van der Waals surface area contributed by atoms with Gasteiger partial charge >= 0.3 is 5.97 Å². The van der Waals surface area contributed by atoms with Crippen molar-refractivity contribution < 1.29 is 14.7 Å². The lowest BCUT2D eigenvalue weighted by atomic mass is 9.84. The molecule has 0 spiro atoms. The quantitative estimate of drug-likeness (QED) is 0.893. The smallest absolute Gasteiger partial charge is 0.322 e. The molecule has 0 aliphatic heterocycles. The number of carboxylic acids is 1. The van der Waals surface area contributed by atoms with Crippen molar-refractivity contribution in [2.24, 2.45) is 0 Å². The first-order valence-corrected chi connectivity index (χ1v) is 5.89. The second-order valence-corrected chi connectivity index (χ2v) is 5.12. The van der Waals surface area contributed by atoms with Crippen LogP contribution in [0.4, 0.5) is 0 Å². The molecule has 0 aliphatic rings. The van der Waals surface area contributed by atoms with E-state index in [1.807, 2.05) is 24.3 Å². The summed E-state index contributed by atoms with van der Waals surface area (Å²) in [5.74, 6) is -1.35. The molecular formula is C12H14BrNO3. The summed E-state index contributed by atoms with van der Waals surface area (Å²) in [6.07, 6.45) is 0. The van der Waals surface area contributed by atoms with Gasteiger partial charge in [-0.05, 0) is 31.5 Å². The molecule has 0 saturated carbocycles. The fourth-order valence-electron chi connectivity index (χ4n) is 1.37. The van der Waals surface area contributed by atoms with Gasteiger partial charge < -0.3 is 10.4 Å². The molecule has 1 aromatic carbocycles. The lowest BCUT2D eigenvalue weighted by molar-refractivity contribution is -0.138. The summed E-state index contributed by atoms with van der Waals surface area (Å²) in [5.41, 5.74) is 0.0828. The van der Waals surface area contributed by atoms with Crippen molar-refractivity contribution in [1.29, 1.82) is 0 Å². The van der Waals surface area contributed by atoms with Gasteiger partial charge in [-0.2, -0.15) is 0 Å². The zero-order valence-corrected chi connectivity index (χ0v) is 11.2. The minimum Gasteiger partial charge on any atom is -0.480 e. The summed E-state index contributed by atoms with van der Waals surface area (Å²) in [7, 11) is 0. The van der Waals surface area contributed by atoms with E-state index < -0.39 is 11.4 Å². The third kappa shape index (κ3) is 3.56. The Morgan fingerprint density at radius 1 is 1.29 bits per heavy atom. The topological polar surface area (TPSA) is 66.4 Å². The SMILES string of the molecule is CC(C)(C(=O)NCC(=O)O)c1ccc(Br)cc1. The molecule has 92 valence electrons. The fraction of sp³-hybridized carbons (Fsp3) is 0.333. The summed E-state index contributed by atoms with van der Waals surface area (Å²) in [6.45, 7) is 3.15. The largest absolute Gasteiger partial charge is 0.480 e. The molecule has 4 nitrogen and oxygen atoms in total. The molecule has 0 aliphatic carbocycles. The Labute approximate surface area is 108 Å². The van der Waals surface area contributed by atoms with Crippen molar-refractivity contribution in [3.8, 4) is 0 Å². The van der Waals surface area contributed by atoms with Crippen LogP contribution in [-0.4, -0.2) is 23.5 Å². The van der Waals surface area contributed by atoms with Crippen LogP contribution in [0.25, 0.3) is 0 Å². The Balaban J connectivity index is 2.82. The zero-order valence-electron chi connectivity index (χ0n) is 9.66. The molecule has 0 fully saturated rings. The number of halogens is 1. The summed E-state index contributed by atoms with van der Waals surface area (Å²) in [6, 6.07) is 7.37. The number of carbonyl (C=O) groups excluding carboxylic acids is 1. The first-order valence-electron chi connectivity index (χ1n) is 5.10. The first kappa shape index (κ1) is 13.7. The normalized spacial score (nSPS) is 11.0. The van der Waals surface area contributed by atoms with E-state index in [-0.39, 0.29) is 12.5 Å². The summed E-state index contributed by atoms with van der Waals surface area (Å²) in [4.78, 5) is 22.3. The van der Waals surface area contributed by atoms with E-state index in [2.05, 4.69) is 21.2 Å². The van der Waals surface area contributed by atoms with Crippen LogP contribution >= 0.6 is 15.9 Å². The number of aliphatic carboxylic acids is 1. The van der Waals surface area contributed by atoms with E-state index in [0.29, 0.717) is 0 Å². The lowest BCUT2D eigenvalue weighted by Crippen LogP contribution is -2.42. The van der Waals surface area contributed by atoms with Gasteiger partial charge in [0.05, 0.1) is 5.41 Å². The molecule has 0 radical (unpaired) electrons. The van der Waals surface area contributed by atoms with Crippen LogP contribution in [0, 0.1) is 0 Å². The molecule has 1 rings (SSSR count). The van der Waals surface area contributed by atoms with Crippen LogP contribution in [0.15, 0.2) is 28.7 Å². The predicted octanol–water partition coefficient (Wildman–Crippen LogP) is 1.93. The van der Waals surface area contributed by atoms with Gasteiger partial charge in [0.1, 0.15) is 6.54 Å². The average Bonchev–Trinajstić information content (AvgIpc) is 2.26. The highest BCUT2D eigenvalue weighted by Gasteiger charge is 2.29.